The van der Waals surface area contributed by atoms with Gasteiger partial charge in [0.15, 0.2) is 16.6 Å². The topological polar surface area (TPSA) is 114 Å². The van der Waals surface area contributed by atoms with Crippen molar-refractivity contribution in [2.75, 3.05) is 0 Å². The molecule has 0 amide bonds. The summed E-state index contributed by atoms with van der Waals surface area (Å²) < 4.78 is 5.67. The second-order valence-electron chi connectivity index (χ2n) is 5.77. The van der Waals surface area contributed by atoms with E-state index in [1.54, 1.807) is 0 Å². The van der Waals surface area contributed by atoms with Gasteiger partial charge in [0.25, 0.3) is 5.56 Å². The fourth-order valence-electron chi connectivity index (χ4n) is 2.23. The van der Waals surface area contributed by atoms with Crippen LogP contribution in [-0.2, 0) is 0 Å². The van der Waals surface area contributed by atoms with Crippen LogP contribution >= 0.6 is 34.8 Å². The van der Waals surface area contributed by atoms with Gasteiger partial charge in [-0.2, -0.15) is 5.10 Å². The van der Waals surface area contributed by atoms with E-state index in [1.807, 2.05) is 13.8 Å². The van der Waals surface area contributed by atoms with Gasteiger partial charge in [0.05, 0.1) is 21.9 Å². The standard InChI is InChI=1S/C16H12Cl3N5O3/c1-6(2)11-14(19)20-5-10(21-11)27-13-8(17)3-7(4-9(13)18)12-15(25)22-16(26)24-23-12/h3-6H,1-2H3,(H2,22,24,25,26). The minimum absolute atomic E-state index is 0.0416. The maximum atomic E-state index is 11.9. The highest BCUT2D eigenvalue weighted by Crippen LogP contribution is 2.39. The number of rotatable bonds is 4. The van der Waals surface area contributed by atoms with Gasteiger partial charge >= 0.3 is 5.69 Å². The molecule has 27 heavy (non-hydrogen) atoms. The number of nitrogens with zero attached hydrogens (tertiary/aromatic N) is 3. The van der Waals surface area contributed by atoms with Gasteiger partial charge in [-0.05, 0) is 18.1 Å². The maximum absolute atomic E-state index is 11.9. The van der Waals surface area contributed by atoms with E-state index in [-0.39, 0.29) is 38.4 Å². The maximum Gasteiger partial charge on any atom is 0.342 e. The number of halogens is 3. The predicted octanol–water partition coefficient (Wildman–Crippen LogP) is 3.79. The first kappa shape index (κ1) is 19.3. The van der Waals surface area contributed by atoms with Crippen LogP contribution in [0.2, 0.25) is 15.2 Å². The van der Waals surface area contributed by atoms with Crippen LogP contribution < -0.4 is 16.0 Å². The van der Waals surface area contributed by atoms with Crippen LogP contribution in [0.25, 0.3) is 11.3 Å². The molecule has 1 aromatic carbocycles. The Labute approximate surface area is 167 Å². The summed E-state index contributed by atoms with van der Waals surface area (Å²) in [5, 5.41) is 6.38. The van der Waals surface area contributed by atoms with Crippen molar-refractivity contribution in [1.82, 2.24) is 25.1 Å². The molecule has 3 rings (SSSR count). The van der Waals surface area contributed by atoms with Crippen molar-refractivity contribution in [2.24, 2.45) is 0 Å². The van der Waals surface area contributed by atoms with Gasteiger partial charge in [-0.1, -0.05) is 48.7 Å². The second-order valence-corrected chi connectivity index (χ2v) is 6.94. The third-order valence-electron chi connectivity index (χ3n) is 3.47. The number of H-pyrrole nitrogens is 2. The number of aromatic amines is 2. The van der Waals surface area contributed by atoms with E-state index in [4.69, 9.17) is 39.5 Å². The molecular formula is C16H12Cl3N5O3. The Bertz CT molecular complexity index is 1100. The molecule has 2 heterocycles. The van der Waals surface area contributed by atoms with Crippen LogP contribution in [0.15, 0.2) is 27.9 Å². The van der Waals surface area contributed by atoms with Gasteiger partial charge in [0.1, 0.15) is 0 Å². The molecule has 0 radical (unpaired) electrons. The summed E-state index contributed by atoms with van der Waals surface area (Å²) in [6, 6.07) is 2.87. The van der Waals surface area contributed by atoms with Crippen LogP contribution in [0.1, 0.15) is 25.5 Å². The summed E-state index contributed by atoms with van der Waals surface area (Å²) in [6.07, 6.45) is 1.35. The van der Waals surface area contributed by atoms with E-state index in [9.17, 15) is 9.59 Å². The van der Waals surface area contributed by atoms with Gasteiger partial charge in [0, 0.05) is 5.56 Å². The third kappa shape index (κ3) is 4.13. The third-order valence-corrected chi connectivity index (χ3v) is 4.32. The fourth-order valence-corrected chi connectivity index (χ4v) is 3.10. The Morgan fingerprint density at radius 3 is 2.37 bits per heavy atom. The number of aromatic nitrogens is 5. The average molecular weight is 429 g/mol. The van der Waals surface area contributed by atoms with Gasteiger partial charge in [-0.3, -0.25) is 9.78 Å². The van der Waals surface area contributed by atoms with Crippen LogP contribution in [0, 0.1) is 0 Å². The van der Waals surface area contributed by atoms with Crippen molar-refractivity contribution in [2.45, 2.75) is 19.8 Å². The van der Waals surface area contributed by atoms with Gasteiger partial charge < -0.3 is 4.74 Å². The molecule has 140 valence electrons. The monoisotopic (exact) mass is 427 g/mol. The van der Waals surface area contributed by atoms with Gasteiger partial charge in [0.2, 0.25) is 5.88 Å². The van der Waals surface area contributed by atoms with Gasteiger partial charge in [-0.15, -0.1) is 0 Å². The molecule has 8 nitrogen and oxygen atoms in total. The van der Waals surface area contributed by atoms with E-state index >= 15 is 0 Å². The summed E-state index contributed by atoms with van der Waals surface area (Å²) in [5.41, 5.74) is -0.562. The van der Waals surface area contributed by atoms with E-state index in [0.717, 1.165) is 0 Å². The van der Waals surface area contributed by atoms with Crippen LogP contribution in [0.5, 0.6) is 11.6 Å². The first-order valence-electron chi connectivity index (χ1n) is 7.65. The Hall–Kier alpha value is -2.42. The highest BCUT2D eigenvalue weighted by atomic mass is 35.5. The normalized spacial score (nSPS) is 11.0. The molecule has 0 aliphatic carbocycles. The zero-order valence-corrected chi connectivity index (χ0v) is 16.3. The SMILES string of the molecule is CC(C)c1nc(Oc2c(Cl)cc(-c3n[nH]c(=O)[nH]c3=O)cc2Cl)cnc1Cl. The summed E-state index contributed by atoms with van der Waals surface area (Å²) in [5.74, 6) is 0.342. The Morgan fingerprint density at radius 2 is 1.78 bits per heavy atom. The minimum Gasteiger partial charge on any atom is -0.434 e. The van der Waals surface area contributed by atoms with Crippen molar-refractivity contribution in [1.29, 1.82) is 0 Å². The zero-order valence-electron chi connectivity index (χ0n) is 14.0. The lowest BCUT2D eigenvalue weighted by molar-refractivity contribution is 0.457. The Morgan fingerprint density at radius 1 is 1.11 bits per heavy atom. The molecule has 0 aliphatic rings. The number of nitrogens with one attached hydrogen (secondary N) is 2. The lowest BCUT2D eigenvalue weighted by Gasteiger charge is -2.12. The summed E-state index contributed by atoms with van der Waals surface area (Å²) in [7, 11) is 0. The largest absolute Gasteiger partial charge is 0.434 e. The summed E-state index contributed by atoms with van der Waals surface area (Å²) in [4.78, 5) is 33.4. The molecule has 0 aliphatic heterocycles. The second kappa shape index (κ2) is 7.67. The molecule has 2 aromatic heterocycles. The molecule has 0 unspecified atom stereocenters. The van der Waals surface area contributed by atoms with E-state index in [0.29, 0.717) is 11.3 Å². The molecule has 0 atom stereocenters. The first-order valence-corrected chi connectivity index (χ1v) is 8.78. The lowest BCUT2D eigenvalue weighted by Crippen LogP contribution is -2.25. The van der Waals surface area contributed by atoms with Crippen molar-refractivity contribution in [3.05, 3.63) is 60.1 Å². The van der Waals surface area contributed by atoms with Crippen molar-refractivity contribution < 1.29 is 4.74 Å². The number of ether oxygens (including phenoxy) is 1. The molecule has 0 fully saturated rings. The van der Waals surface area contributed by atoms with Crippen LogP contribution in [0.4, 0.5) is 0 Å². The fraction of sp³-hybridized carbons (Fsp3) is 0.188. The molecule has 2 N–H and O–H groups in total. The highest BCUT2D eigenvalue weighted by molar-refractivity contribution is 6.37. The average Bonchev–Trinajstić information content (AvgIpc) is 2.59. The molecule has 0 saturated carbocycles. The van der Waals surface area contributed by atoms with E-state index in [1.165, 1.54) is 18.3 Å². The van der Waals surface area contributed by atoms with Crippen LogP contribution in [0.3, 0.4) is 0 Å². The highest BCUT2D eigenvalue weighted by Gasteiger charge is 2.17. The molecule has 3 aromatic rings. The molecule has 0 bridgehead atoms. The molecule has 0 saturated heterocycles. The number of benzene rings is 1. The molecule has 11 heteroatoms. The number of hydrogen-bond acceptors (Lipinski definition) is 6. The summed E-state index contributed by atoms with van der Waals surface area (Å²) in [6.45, 7) is 3.84. The van der Waals surface area contributed by atoms with Crippen molar-refractivity contribution >= 4 is 34.8 Å². The van der Waals surface area contributed by atoms with Gasteiger partial charge in [-0.25, -0.2) is 19.9 Å². The molecular weight excluding hydrogens is 417 g/mol. The van der Waals surface area contributed by atoms with E-state index in [2.05, 4.69) is 25.1 Å². The molecule has 0 spiro atoms. The smallest absolute Gasteiger partial charge is 0.342 e. The Kier molecular flexibility index (Phi) is 5.50. The lowest BCUT2D eigenvalue weighted by atomic mass is 10.1. The van der Waals surface area contributed by atoms with Crippen LogP contribution in [-0.4, -0.2) is 25.1 Å². The zero-order chi connectivity index (χ0) is 19.7. The first-order chi connectivity index (χ1) is 12.8. The number of hydrogen-bond donors (Lipinski definition) is 2. The minimum atomic E-state index is -0.719. The van der Waals surface area contributed by atoms with Crippen molar-refractivity contribution in [3.8, 4) is 22.9 Å². The van der Waals surface area contributed by atoms with Crippen molar-refractivity contribution in [3.63, 3.8) is 0 Å². The quantitative estimate of drug-likeness (QED) is 0.653. The Balaban J connectivity index is 2.00. The summed E-state index contributed by atoms with van der Waals surface area (Å²) >= 11 is 18.5. The van der Waals surface area contributed by atoms with E-state index < -0.39 is 11.2 Å². The predicted molar refractivity (Wildman–Crippen MR) is 102 cm³/mol.